The second-order valence-electron chi connectivity index (χ2n) is 11.0. The van der Waals surface area contributed by atoms with Crippen molar-refractivity contribution in [3.63, 3.8) is 0 Å². The van der Waals surface area contributed by atoms with Crippen LogP contribution in [-0.4, -0.2) is 26.0 Å². The number of anilines is 2. The first-order valence-corrected chi connectivity index (χ1v) is 13.8. The maximum atomic E-state index is 13.5. The molecule has 1 atom stereocenters. The van der Waals surface area contributed by atoms with Gasteiger partial charge in [-0.3, -0.25) is 9.59 Å². The molecule has 0 spiro atoms. The van der Waals surface area contributed by atoms with Crippen molar-refractivity contribution < 1.29 is 32.2 Å². The fourth-order valence-electron chi connectivity index (χ4n) is 4.97. The average Bonchev–Trinajstić information content (AvgIpc) is 3.24. The first-order chi connectivity index (χ1) is 18.8. The van der Waals surface area contributed by atoms with Gasteiger partial charge in [-0.15, -0.1) is 11.3 Å². The van der Waals surface area contributed by atoms with Crippen LogP contribution in [0.1, 0.15) is 59.1 Å². The molecule has 1 aliphatic carbocycles. The summed E-state index contributed by atoms with van der Waals surface area (Å²) in [6.45, 7) is 6.55. The fraction of sp³-hybridized carbons (Fsp3) is 0.400. The monoisotopic (exact) mass is 574 g/mol. The van der Waals surface area contributed by atoms with Gasteiger partial charge in [0, 0.05) is 10.6 Å². The van der Waals surface area contributed by atoms with E-state index in [2.05, 4.69) is 31.4 Å². The van der Waals surface area contributed by atoms with E-state index in [0.29, 0.717) is 40.0 Å². The van der Waals surface area contributed by atoms with Gasteiger partial charge < -0.3 is 20.1 Å². The molecule has 214 valence electrons. The van der Waals surface area contributed by atoms with Crippen LogP contribution in [0.3, 0.4) is 0 Å². The molecule has 3 aromatic rings. The lowest BCUT2D eigenvalue weighted by atomic mass is 9.72. The van der Waals surface area contributed by atoms with Crippen LogP contribution in [0.2, 0.25) is 0 Å². The van der Waals surface area contributed by atoms with Crippen LogP contribution >= 0.6 is 11.3 Å². The number of alkyl halides is 3. The molecule has 0 fully saturated rings. The molecule has 4 rings (SSSR count). The van der Waals surface area contributed by atoms with Crippen molar-refractivity contribution in [1.82, 2.24) is 0 Å². The molecule has 6 nitrogen and oxygen atoms in total. The number of thiophene rings is 1. The van der Waals surface area contributed by atoms with Crippen molar-refractivity contribution in [3.8, 4) is 11.5 Å². The molecule has 0 saturated heterocycles. The number of hydrogen-bond acceptors (Lipinski definition) is 5. The van der Waals surface area contributed by atoms with Crippen molar-refractivity contribution >= 4 is 33.8 Å². The number of benzene rings is 2. The molecule has 0 radical (unpaired) electrons. The number of rotatable bonds is 7. The molecule has 40 heavy (non-hydrogen) atoms. The van der Waals surface area contributed by atoms with Gasteiger partial charge in [-0.25, -0.2) is 0 Å². The van der Waals surface area contributed by atoms with Gasteiger partial charge in [0.05, 0.1) is 31.8 Å². The number of nitrogens with one attached hydrogen (secondary N) is 2. The summed E-state index contributed by atoms with van der Waals surface area (Å²) in [6, 6.07) is 9.71. The van der Waals surface area contributed by atoms with Gasteiger partial charge in [-0.05, 0) is 72.1 Å². The summed E-state index contributed by atoms with van der Waals surface area (Å²) in [5.74, 6) is 0.556. The maximum Gasteiger partial charge on any atom is 0.416 e. The highest BCUT2D eigenvalue weighted by atomic mass is 32.1. The van der Waals surface area contributed by atoms with Crippen LogP contribution in [-0.2, 0) is 30.2 Å². The zero-order chi connectivity index (χ0) is 29.2. The van der Waals surface area contributed by atoms with E-state index in [4.69, 9.17) is 9.47 Å². The van der Waals surface area contributed by atoms with E-state index in [-0.39, 0.29) is 23.4 Å². The normalized spacial score (nSPS) is 15.2. The van der Waals surface area contributed by atoms with Gasteiger partial charge in [0.25, 0.3) is 5.91 Å². The predicted molar refractivity (Wildman–Crippen MR) is 151 cm³/mol. The third-order valence-corrected chi connectivity index (χ3v) is 8.40. The first-order valence-electron chi connectivity index (χ1n) is 12.9. The second-order valence-corrected chi connectivity index (χ2v) is 12.1. The van der Waals surface area contributed by atoms with E-state index < -0.39 is 17.6 Å². The minimum absolute atomic E-state index is 0.0300. The predicted octanol–water partition coefficient (Wildman–Crippen LogP) is 7.37. The molecule has 0 saturated carbocycles. The Morgan fingerprint density at radius 1 is 1.00 bits per heavy atom. The largest absolute Gasteiger partial charge is 0.493 e. The summed E-state index contributed by atoms with van der Waals surface area (Å²) in [5, 5.41) is 5.93. The molecular weight excluding hydrogens is 541 g/mol. The highest BCUT2D eigenvalue weighted by Gasteiger charge is 2.35. The Labute approximate surface area is 235 Å². The van der Waals surface area contributed by atoms with E-state index >= 15 is 0 Å². The van der Waals surface area contributed by atoms with Crippen LogP contribution in [0.5, 0.6) is 11.5 Å². The minimum Gasteiger partial charge on any atom is -0.493 e. The van der Waals surface area contributed by atoms with E-state index in [1.54, 1.807) is 18.2 Å². The molecule has 1 unspecified atom stereocenters. The Bertz CT molecular complexity index is 1410. The number of halogens is 3. The number of ether oxygens (including phenoxy) is 2. The lowest BCUT2D eigenvalue weighted by molar-refractivity contribution is -0.137. The van der Waals surface area contributed by atoms with Crippen molar-refractivity contribution in [2.45, 2.75) is 52.6 Å². The number of carbonyl (C=O) groups excluding carboxylic acids is 2. The molecule has 2 aromatic carbocycles. The zero-order valence-corrected chi connectivity index (χ0v) is 23.9. The van der Waals surface area contributed by atoms with E-state index in [1.807, 2.05) is 0 Å². The van der Waals surface area contributed by atoms with Gasteiger partial charge in [0.1, 0.15) is 5.00 Å². The van der Waals surface area contributed by atoms with E-state index in [1.165, 1.54) is 37.7 Å². The van der Waals surface area contributed by atoms with Crippen LogP contribution in [0.25, 0.3) is 0 Å². The zero-order valence-electron chi connectivity index (χ0n) is 23.1. The van der Waals surface area contributed by atoms with Crippen LogP contribution in [0, 0.1) is 11.3 Å². The van der Waals surface area contributed by atoms with Gasteiger partial charge in [-0.1, -0.05) is 32.9 Å². The number of hydrogen-bond donors (Lipinski definition) is 2. The molecule has 0 aliphatic heterocycles. The molecular formula is C30H33F3N2O4S. The van der Waals surface area contributed by atoms with Gasteiger partial charge in [0.15, 0.2) is 11.5 Å². The highest BCUT2D eigenvalue weighted by Crippen LogP contribution is 2.44. The maximum absolute atomic E-state index is 13.5. The van der Waals surface area contributed by atoms with Gasteiger partial charge >= 0.3 is 6.18 Å². The van der Waals surface area contributed by atoms with Crippen LogP contribution in [0.15, 0.2) is 42.5 Å². The molecule has 0 bridgehead atoms. The summed E-state index contributed by atoms with van der Waals surface area (Å²) >= 11 is 1.36. The van der Waals surface area contributed by atoms with Crippen molar-refractivity contribution in [2.75, 3.05) is 24.9 Å². The highest BCUT2D eigenvalue weighted by molar-refractivity contribution is 7.17. The summed E-state index contributed by atoms with van der Waals surface area (Å²) in [4.78, 5) is 27.7. The molecule has 10 heteroatoms. The van der Waals surface area contributed by atoms with E-state index in [0.717, 1.165) is 35.4 Å². The molecule has 2 N–H and O–H groups in total. The summed E-state index contributed by atoms with van der Waals surface area (Å²) in [5.41, 5.74) is 1.10. The summed E-state index contributed by atoms with van der Waals surface area (Å²) in [7, 11) is 3.04. The number of amides is 2. The lowest BCUT2D eigenvalue weighted by Crippen LogP contribution is -2.27. The Balaban J connectivity index is 1.63. The van der Waals surface area contributed by atoms with Gasteiger partial charge in [-0.2, -0.15) is 13.2 Å². The Morgan fingerprint density at radius 3 is 2.38 bits per heavy atom. The number of carbonyl (C=O) groups is 2. The first kappa shape index (κ1) is 29.5. The standard InChI is InChI=1S/C30H33F3N2O4S/c1-29(2,3)18-10-11-21-24(16-18)40-28(35-25(36)14-17-9-12-22(38-4)23(13-17)39-5)26(21)27(37)34-20-8-6-7-19(15-20)30(31,32)33/h6-9,12-13,15,18H,10-11,14,16H2,1-5H3,(H,34,37)(H,35,36). The fourth-order valence-corrected chi connectivity index (χ4v) is 6.31. The second kappa shape index (κ2) is 11.5. The topological polar surface area (TPSA) is 76.7 Å². The van der Waals surface area contributed by atoms with Crippen molar-refractivity contribution in [1.29, 1.82) is 0 Å². The lowest BCUT2D eigenvalue weighted by Gasteiger charge is -2.33. The third-order valence-electron chi connectivity index (χ3n) is 7.23. The smallest absolute Gasteiger partial charge is 0.416 e. The Morgan fingerprint density at radius 2 is 1.73 bits per heavy atom. The van der Waals surface area contributed by atoms with Gasteiger partial charge in [0.2, 0.25) is 5.91 Å². The van der Waals surface area contributed by atoms with Crippen molar-refractivity contribution in [3.05, 3.63) is 69.6 Å². The minimum atomic E-state index is -4.53. The SMILES string of the molecule is COc1ccc(CC(=O)Nc2sc3c(c2C(=O)Nc2cccc(C(F)(F)F)c2)CCC(C(C)(C)C)C3)cc1OC. The van der Waals surface area contributed by atoms with Crippen LogP contribution < -0.4 is 20.1 Å². The van der Waals surface area contributed by atoms with Crippen molar-refractivity contribution in [2.24, 2.45) is 11.3 Å². The summed E-state index contributed by atoms with van der Waals surface area (Å²) in [6.07, 6.45) is -2.23. The Kier molecular flexibility index (Phi) is 8.49. The molecule has 2 amide bonds. The quantitative estimate of drug-likeness (QED) is 0.309. The Hall–Kier alpha value is -3.53. The molecule has 1 aromatic heterocycles. The van der Waals surface area contributed by atoms with Crippen LogP contribution in [0.4, 0.5) is 23.9 Å². The average molecular weight is 575 g/mol. The number of methoxy groups -OCH3 is 2. The number of fused-ring (bicyclic) bond motifs is 1. The third kappa shape index (κ3) is 6.60. The molecule has 1 aliphatic rings. The van der Waals surface area contributed by atoms with E-state index in [9.17, 15) is 22.8 Å². The summed E-state index contributed by atoms with van der Waals surface area (Å²) < 4.78 is 50.3. The molecule has 1 heterocycles.